The first-order valence-corrected chi connectivity index (χ1v) is 3.05. The summed E-state index contributed by atoms with van der Waals surface area (Å²) in [6.07, 6.45) is 11.4. The molecule has 0 aliphatic carbocycles. The lowest BCUT2D eigenvalue weighted by Crippen LogP contribution is -2.01. The van der Waals surface area contributed by atoms with E-state index in [1.54, 1.807) is 24.7 Å². The third-order valence-electron chi connectivity index (χ3n) is 0.837. The van der Waals surface area contributed by atoms with Crippen LogP contribution in [0.15, 0.2) is 47.9 Å². The van der Waals surface area contributed by atoms with E-state index in [9.17, 15) is 0 Å². The van der Waals surface area contributed by atoms with E-state index in [0.29, 0.717) is 0 Å². The van der Waals surface area contributed by atoms with Crippen LogP contribution in [0.25, 0.3) is 0 Å². The molecule has 1 aromatic heterocycles. The highest BCUT2D eigenvalue weighted by Crippen LogP contribution is 1.80. The normalized spacial score (nSPS) is 12.4. The van der Waals surface area contributed by atoms with Crippen LogP contribution in [0.1, 0.15) is 0 Å². The Kier molecular flexibility index (Phi) is 3.43. The molecule has 0 bridgehead atoms. The molecule has 0 amide bonds. The van der Waals surface area contributed by atoms with Crippen molar-refractivity contribution < 1.29 is 9.25 Å². The minimum Gasteiger partial charge on any atom is -0.452 e. The molecule has 0 fully saturated rings. The fourth-order valence-corrected chi connectivity index (χ4v) is 0.434. The molecular formula is C7H8N2O2. The summed E-state index contributed by atoms with van der Waals surface area (Å²) in [4.78, 5) is 8.11. The molecule has 0 saturated heterocycles. The van der Waals surface area contributed by atoms with Crippen molar-refractivity contribution in [2.75, 3.05) is 0 Å². The van der Waals surface area contributed by atoms with Gasteiger partial charge >= 0.3 is 0 Å². The van der Waals surface area contributed by atoms with Crippen molar-refractivity contribution in [1.82, 2.24) is 10.5 Å². The Morgan fingerprint density at radius 3 is 2.45 bits per heavy atom. The molecule has 0 unspecified atom stereocenters. The van der Waals surface area contributed by atoms with Crippen LogP contribution >= 0.6 is 0 Å². The Hall–Kier alpha value is -1.71. The number of allylic oxidation sites excluding steroid dienone is 2. The van der Waals surface area contributed by atoms with Crippen molar-refractivity contribution in [3.63, 3.8) is 0 Å². The second-order valence-electron chi connectivity index (χ2n) is 1.60. The highest BCUT2D eigenvalue weighted by Gasteiger charge is 1.72. The molecule has 0 spiro atoms. The van der Waals surface area contributed by atoms with Crippen molar-refractivity contribution in [1.29, 1.82) is 0 Å². The van der Waals surface area contributed by atoms with Crippen molar-refractivity contribution in [3.8, 4) is 0 Å². The second-order valence-corrected chi connectivity index (χ2v) is 1.60. The maximum atomic E-state index is 4.55. The molecule has 4 heteroatoms. The summed E-state index contributed by atoms with van der Waals surface area (Å²) < 4.78 is 4.47. The van der Waals surface area contributed by atoms with Crippen LogP contribution in [0, 0.1) is 0 Å². The van der Waals surface area contributed by atoms with Gasteiger partial charge in [-0.1, -0.05) is 0 Å². The molecule has 1 aromatic rings. The number of nitrogens with zero attached hydrogens (tertiary/aromatic N) is 1. The predicted molar refractivity (Wildman–Crippen MR) is 39.0 cm³/mol. The van der Waals surface area contributed by atoms with Crippen LogP contribution in [0.5, 0.6) is 0 Å². The Morgan fingerprint density at radius 1 is 1.27 bits per heavy atom. The number of oxazole rings is 1. The Labute approximate surface area is 64.1 Å². The van der Waals surface area contributed by atoms with E-state index in [0.717, 1.165) is 0 Å². The van der Waals surface area contributed by atoms with Crippen LogP contribution < -0.4 is 5.48 Å². The highest BCUT2D eigenvalue weighted by molar-refractivity contribution is 5.00. The Morgan fingerprint density at radius 2 is 2.27 bits per heavy atom. The van der Waals surface area contributed by atoms with E-state index < -0.39 is 0 Å². The smallest absolute Gasteiger partial charge is 0.180 e. The van der Waals surface area contributed by atoms with Crippen molar-refractivity contribution >= 4 is 0 Å². The third kappa shape index (κ3) is 3.80. The second kappa shape index (κ2) is 5.10. The van der Waals surface area contributed by atoms with Gasteiger partial charge in [0.25, 0.3) is 0 Å². The molecule has 2 rings (SSSR count). The van der Waals surface area contributed by atoms with E-state index in [1.165, 1.54) is 12.7 Å². The number of aromatic nitrogens is 1. The van der Waals surface area contributed by atoms with Gasteiger partial charge in [-0.15, -0.1) is 0 Å². The zero-order valence-electron chi connectivity index (χ0n) is 5.81. The van der Waals surface area contributed by atoms with Crippen LogP contribution in [0.2, 0.25) is 0 Å². The molecule has 4 nitrogen and oxygen atoms in total. The molecule has 0 radical (unpaired) electrons. The Bertz CT molecular complexity index is 187. The molecule has 11 heavy (non-hydrogen) atoms. The van der Waals surface area contributed by atoms with Crippen molar-refractivity contribution in [2.24, 2.45) is 0 Å². The van der Waals surface area contributed by atoms with Gasteiger partial charge in [0.05, 0.1) is 6.20 Å². The lowest BCUT2D eigenvalue weighted by Gasteiger charge is -1.97. The molecule has 2 heterocycles. The van der Waals surface area contributed by atoms with Gasteiger partial charge in [0.1, 0.15) is 12.5 Å². The van der Waals surface area contributed by atoms with Gasteiger partial charge in [-0.3, -0.25) is 0 Å². The summed E-state index contributed by atoms with van der Waals surface area (Å²) in [6.45, 7) is 0. The molecule has 1 aliphatic rings. The maximum Gasteiger partial charge on any atom is 0.180 e. The van der Waals surface area contributed by atoms with Gasteiger partial charge in [0.2, 0.25) is 0 Å². The third-order valence-corrected chi connectivity index (χ3v) is 0.837. The van der Waals surface area contributed by atoms with Gasteiger partial charge in [-0.05, 0) is 12.2 Å². The summed E-state index contributed by atoms with van der Waals surface area (Å²) >= 11 is 0. The van der Waals surface area contributed by atoms with E-state index in [1.807, 2.05) is 6.08 Å². The fraction of sp³-hybridized carbons (Fsp3) is 0. The summed E-state index contributed by atoms with van der Waals surface area (Å²) in [5.74, 6) is 0. The number of rotatable bonds is 0. The molecular weight excluding hydrogens is 144 g/mol. The van der Waals surface area contributed by atoms with E-state index in [4.69, 9.17) is 0 Å². The molecule has 1 N–H and O–H groups in total. The van der Waals surface area contributed by atoms with Gasteiger partial charge in [0.15, 0.2) is 6.39 Å². The van der Waals surface area contributed by atoms with Crippen LogP contribution in [-0.4, -0.2) is 4.98 Å². The predicted octanol–water partition coefficient (Wildman–Crippen LogP) is 1.22. The number of hydrogen-bond donors (Lipinski definition) is 1. The van der Waals surface area contributed by atoms with Crippen molar-refractivity contribution in [2.45, 2.75) is 0 Å². The average Bonchev–Trinajstić information content (AvgIpc) is 2.64. The minimum absolute atomic E-state index is 1.38. The maximum absolute atomic E-state index is 4.55. The van der Waals surface area contributed by atoms with Crippen molar-refractivity contribution in [3.05, 3.63) is 43.5 Å². The monoisotopic (exact) mass is 152 g/mol. The zero-order chi connectivity index (χ0) is 7.78. The number of hydrogen-bond acceptors (Lipinski definition) is 4. The van der Waals surface area contributed by atoms with E-state index >= 15 is 0 Å². The number of nitrogens with one attached hydrogen (secondary N) is 1. The largest absolute Gasteiger partial charge is 0.452 e. The Balaban J connectivity index is 0.000000112. The van der Waals surface area contributed by atoms with Crippen LogP contribution in [-0.2, 0) is 4.84 Å². The fourth-order valence-electron chi connectivity index (χ4n) is 0.434. The molecule has 0 saturated carbocycles. The quantitative estimate of drug-likeness (QED) is 0.607. The standard InChI is InChI=1S/C4H5NO.C3H3NO/c1-2-4-6-5-3-1;1-2-5-3-4-1/h1-5H;1-3H. The summed E-state index contributed by atoms with van der Waals surface area (Å²) in [5.41, 5.74) is 2.52. The SMILES string of the molecule is C1=CNOC=C1.c1cocn1. The highest BCUT2D eigenvalue weighted by atomic mass is 16.6. The summed E-state index contributed by atoms with van der Waals surface area (Å²) in [5, 5.41) is 0. The van der Waals surface area contributed by atoms with Gasteiger partial charge < -0.3 is 9.25 Å². The average molecular weight is 152 g/mol. The molecule has 1 aliphatic heterocycles. The van der Waals surface area contributed by atoms with Gasteiger partial charge in [-0.2, -0.15) is 0 Å². The lowest BCUT2D eigenvalue weighted by atomic mass is 10.6. The molecule has 0 atom stereocenters. The van der Waals surface area contributed by atoms with Crippen LogP contribution in [0.4, 0.5) is 0 Å². The molecule has 0 aromatic carbocycles. The lowest BCUT2D eigenvalue weighted by molar-refractivity contribution is 0.172. The van der Waals surface area contributed by atoms with E-state index in [-0.39, 0.29) is 0 Å². The first-order valence-electron chi connectivity index (χ1n) is 3.05. The van der Waals surface area contributed by atoms with Gasteiger partial charge in [-0.25, -0.2) is 10.5 Å². The number of hydroxylamine groups is 1. The minimum atomic E-state index is 1.38. The zero-order valence-corrected chi connectivity index (χ0v) is 5.81. The first-order chi connectivity index (χ1) is 5.50. The van der Waals surface area contributed by atoms with Gasteiger partial charge in [0, 0.05) is 6.20 Å². The summed E-state index contributed by atoms with van der Waals surface area (Å²) in [6, 6.07) is 0. The topological polar surface area (TPSA) is 47.3 Å². The van der Waals surface area contributed by atoms with E-state index in [2.05, 4.69) is 19.7 Å². The summed E-state index contributed by atoms with van der Waals surface area (Å²) in [7, 11) is 0. The van der Waals surface area contributed by atoms with Crippen LogP contribution in [0.3, 0.4) is 0 Å². The first kappa shape index (κ1) is 7.40. The molecule has 58 valence electrons.